The van der Waals surface area contributed by atoms with Gasteiger partial charge in [-0.05, 0) is 24.1 Å². The van der Waals surface area contributed by atoms with Gasteiger partial charge >= 0.3 is 0 Å². The fraction of sp³-hybridized carbons (Fsp3) is 0.211. The molecule has 3 amide bonds. The number of aliphatic hydroxyl groups excluding tert-OH is 1. The minimum Gasteiger partial charge on any atom is -0.388 e. The highest BCUT2D eigenvalue weighted by molar-refractivity contribution is 6.22. The van der Waals surface area contributed by atoms with Crippen molar-refractivity contribution in [1.82, 2.24) is 10.2 Å². The normalized spacial score (nSPS) is 14.4. The minimum atomic E-state index is -0.680. The van der Waals surface area contributed by atoms with Gasteiger partial charge in [-0.1, -0.05) is 42.5 Å². The van der Waals surface area contributed by atoms with Gasteiger partial charge in [0, 0.05) is 6.54 Å². The van der Waals surface area contributed by atoms with Gasteiger partial charge in [0.2, 0.25) is 5.91 Å². The number of rotatable bonds is 6. The van der Waals surface area contributed by atoms with Crippen LogP contribution in [0.15, 0.2) is 54.6 Å². The van der Waals surface area contributed by atoms with Crippen molar-refractivity contribution in [2.24, 2.45) is 0 Å². The molecule has 25 heavy (non-hydrogen) atoms. The molecular formula is C19H18N2O4. The molecule has 2 N–H and O–H groups in total. The molecule has 2 aromatic rings. The third kappa shape index (κ3) is 3.59. The fourth-order valence-corrected chi connectivity index (χ4v) is 2.77. The molecule has 0 saturated carbocycles. The maximum absolute atomic E-state index is 12.2. The lowest BCUT2D eigenvalue weighted by Crippen LogP contribution is -2.40. The summed E-state index contributed by atoms with van der Waals surface area (Å²) < 4.78 is 0. The topological polar surface area (TPSA) is 86.7 Å². The highest BCUT2D eigenvalue weighted by atomic mass is 16.3. The maximum Gasteiger partial charge on any atom is 0.262 e. The molecule has 3 rings (SSSR count). The third-order valence-electron chi connectivity index (χ3n) is 4.10. The zero-order chi connectivity index (χ0) is 17.8. The summed E-state index contributed by atoms with van der Waals surface area (Å²) in [6.07, 6.45) is -0.335. The first-order chi connectivity index (χ1) is 12.1. The van der Waals surface area contributed by atoms with E-state index in [9.17, 15) is 19.5 Å². The van der Waals surface area contributed by atoms with E-state index in [0.29, 0.717) is 17.5 Å². The second-order valence-corrected chi connectivity index (χ2v) is 5.81. The molecule has 0 radical (unpaired) electrons. The number of amides is 3. The smallest absolute Gasteiger partial charge is 0.262 e. The summed E-state index contributed by atoms with van der Waals surface area (Å²) in [7, 11) is 0. The Morgan fingerprint density at radius 3 is 2.12 bits per heavy atom. The highest BCUT2D eigenvalue weighted by Crippen LogP contribution is 2.22. The molecule has 1 unspecified atom stereocenters. The maximum atomic E-state index is 12.2. The molecule has 6 nitrogen and oxygen atoms in total. The van der Waals surface area contributed by atoms with Crippen molar-refractivity contribution in [1.29, 1.82) is 0 Å². The summed E-state index contributed by atoms with van der Waals surface area (Å²) in [5.74, 6) is -1.35. The molecule has 1 atom stereocenters. The van der Waals surface area contributed by atoms with Crippen molar-refractivity contribution in [2.45, 2.75) is 12.5 Å². The van der Waals surface area contributed by atoms with Crippen LogP contribution in [-0.2, 0) is 4.79 Å². The van der Waals surface area contributed by atoms with Crippen LogP contribution in [0.4, 0.5) is 0 Å². The van der Waals surface area contributed by atoms with Crippen LogP contribution >= 0.6 is 0 Å². The molecule has 128 valence electrons. The van der Waals surface area contributed by atoms with Gasteiger partial charge in [-0.3, -0.25) is 19.3 Å². The number of fused-ring (bicyclic) bond motifs is 1. The molecule has 0 aliphatic carbocycles. The van der Waals surface area contributed by atoms with Gasteiger partial charge in [0.25, 0.3) is 11.8 Å². The zero-order valence-corrected chi connectivity index (χ0v) is 13.5. The van der Waals surface area contributed by atoms with Gasteiger partial charge in [-0.2, -0.15) is 0 Å². The summed E-state index contributed by atoms with van der Waals surface area (Å²) in [6, 6.07) is 15.7. The second kappa shape index (κ2) is 7.27. The van der Waals surface area contributed by atoms with Crippen molar-refractivity contribution < 1.29 is 19.5 Å². The fourth-order valence-electron chi connectivity index (χ4n) is 2.77. The number of hydrogen-bond donors (Lipinski definition) is 2. The summed E-state index contributed by atoms with van der Waals surface area (Å²) >= 11 is 0. The van der Waals surface area contributed by atoms with Crippen LogP contribution in [0.2, 0.25) is 0 Å². The Balaban J connectivity index is 1.51. The van der Waals surface area contributed by atoms with Crippen LogP contribution in [0.5, 0.6) is 0 Å². The molecule has 0 bridgehead atoms. The Hall–Kier alpha value is -2.99. The minimum absolute atomic E-state index is 0.248. The van der Waals surface area contributed by atoms with Gasteiger partial charge in [-0.15, -0.1) is 0 Å². The summed E-state index contributed by atoms with van der Waals surface area (Å²) in [6.45, 7) is -0.0775. The van der Waals surface area contributed by atoms with Gasteiger partial charge in [0.05, 0.1) is 17.2 Å². The first-order valence-electron chi connectivity index (χ1n) is 8.03. The highest BCUT2D eigenvalue weighted by Gasteiger charge is 2.36. The van der Waals surface area contributed by atoms with Gasteiger partial charge in [-0.25, -0.2) is 0 Å². The van der Waals surface area contributed by atoms with E-state index in [4.69, 9.17) is 0 Å². The number of nitrogens with one attached hydrogen (secondary N) is 1. The van der Waals surface area contributed by atoms with E-state index in [0.717, 1.165) is 10.5 Å². The van der Waals surface area contributed by atoms with E-state index in [1.807, 2.05) is 30.3 Å². The van der Waals surface area contributed by atoms with Crippen molar-refractivity contribution in [3.8, 4) is 0 Å². The quantitative estimate of drug-likeness (QED) is 0.782. The number of hydrogen-bond acceptors (Lipinski definition) is 4. The molecule has 6 heteroatoms. The number of imide groups is 1. The number of carbonyl (C=O) groups is 3. The van der Waals surface area contributed by atoms with Gasteiger partial charge in [0.15, 0.2) is 0 Å². The summed E-state index contributed by atoms with van der Waals surface area (Å²) in [4.78, 5) is 37.3. The van der Waals surface area contributed by atoms with E-state index >= 15 is 0 Å². The number of benzene rings is 2. The lowest BCUT2D eigenvalue weighted by molar-refractivity contribution is -0.121. The largest absolute Gasteiger partial charge is 0.388 e. The SMILES string of the molecule is O=C(CN1C(=O)c2ccccc2C1=O)NCCC(O)c1ccccc1. The third-order valence-corrected chi connectivity index (χ3v) is 4.10. The molecule has 0 fully saturated rings. The summed E-state index contributed by atoms with van der Waals surface area (Å²) in [5, 5.41) is 12.7. The first-order valence-corrected chi connectivity index (χ1v) is 8.03. The standard InChI is InChI=1S/C19H18N2O4/c22-16(13-6-2-1-3-7-13)10-11-20-17(23)12-21-18(24)14-8-4-5-9-15(14)19(21)25/h1-9,16,22H,10-12H2,(H,20,23). The van der Waals surface area contributed by atoms with Crippen molar-refractivity contribution >= 4 is 17.7 Å². The monoisotopic (exact) mass is 338 g/mol. The Bertz CT molecular complexity index is 769. The average Bonchev–Trinajstić information content (AvgIpc) is 2.88. The van der Waals surface area contributed by atoms with Gasteiger partial charge < -0.3 is 10.4 Å². The van der Waals surface area contributed by atoms with Crippen LogP contribution in [0, 0.1) is 0 Å². The predicted molar refractivity (Wildman–Crippen MR) is 90.8 cm³/mol. The molecule has 2 aromatic carbocycles. The number of nitrogens with zero attached hydrogens (tertiary/aromatic N) is 1. The lowest BCUT2D eigenvalue weighted by Gasteiger charge is -2.15. The van der Waals surface area contributed by atoms with E-state index in [1.165, 1.54) is 0 Å². The van der Waals surface area contributed by atoms with Crippen LogP contribution in [0.25, 0.3) is 0 Å². The Labute approximate surface area is 145 Å². The van der Waals surface area contributed by atoms with Crippen LogP contribution in [0.1, 0.15) is 38.8 Å². The zero-order valence-electron chi connectivity index (χ0n) is 13.5. The van der Waals surface area contributed by atoms with Crippen molar-refractivity contribution in [3.05, 3.63) is 71.3 Å². The molecule has 1 heterocycles. The van der Waals surface area contributed by atoms with E-state index in [2.05, 4.69) is 5.32 Å². The Morgan fingerprint density at radius 1 is 0.960 bits per heavy atom. The van der Waals surface area contributed by atoms with E-state index < -0.39 is 23.8 Å². The van der Waals surface area contributed by atoms with Crippen LogP contribution < -0.4 is 5.32 Å². The number of aliphatic hydroxyl groups is 1. The molecule has 0 spiro atoms. The predicted octanol–water partition coefficient (Wildman–Crippen LogP) is 1.52. The molecule has 0 aromatic heterocycles. The average molecular weight is 338 g/mol. The van der Waals surface area contributed by atoms with Crippen LogP contribution in [0.3, 0.4) is 0 Å². The first kappa shape index (κ1) is 16.9. The Kier molecular flexibility index (Phi) is 4.90. The van der Waals surface area contributed by atoms with Crippen molar-refractivity contribution in [2.75, 3.05) is 13.1 Å². The van der Waals surface area contributed by atoms with Crippen molar-refractivity contribution in [3.63, 3.8) is 0 Å². The Morgan fingerprint density at radius 2 is 1.52 bits per heavy atom. The summed E-state index contributed by atoms with van der Waals surface area (Å²) in [5.41, 5.74) is 1.41. The molecular weight excluding hydrogens is 320 g/mol. The van der Waals surface area contributed by atoms with Gasteiger partial charge in [0.1, 0.15) is 6.54 Å². The molecule has 1 aliphatic heterocycles. The van der Waals surface area contributed by atoms with E-state index in [1.54, 1.807) is 24.3 Å². The molecule has 1 aliphatic rings. The molecule has 0 saturated heterocycles. The lowest BCUT2D eigenvalue weighted by atomic mass is 10.1. The second-order valence-electron chi connectivity index (χ2n) is 5.81. The van der Waals surface area contributed by atoms with Crippen LogP contribution in [-0.4, -0.2) is 40.8 Å². The van der Waals surface area contributed by atoms with E-state index in [-0.39, 0.29) is 13.1 Å². The number of carbonyl (C=O) groups excluding carboxylic acids is 3.